The maximum Gasteiger partial charge on any atom is 0.472 e. The number of rotatable bonds is 2. The van der Waals surface area contributed by atoms with Crippen LogP contribution in [-0.2, 0) is 36.7 Å². The first-order valence-electron chi connectivity index (χ1n) is 12.3. The summed E-state index contributed by atoms with van der Waals surface area (Å²) >= 11 is 0. The van der Waals surface area contributed by atoms with Gasteiger partial charge in [0.1, 0.15) is 36.6 Å². The molecule has 0 spiro atoms. The third-order valence-electron chi connectivity index (χ3n) is 6.79. The van der Waals surface area contributed by atoms with Gasteiger partial charge in [-0.15, -0.1) is 0 Å². The zero-order valence-electron chi connectivity index (χ0n) is 21.3. The minimum absolute atomic E-state index is 0.153. The highest BCUT2D eigenvalue weighted by atomic mass is 31.2. The maximum absolute atomic E-state index is 13.1. The molecule has 3 aromatic rings. The zero-order valence-corrected chi connectivity index (χ0v) is 23.1. The van der Waals surface area contributed by atoms with E-state index >= 15 is 0 Å². The van der Waals surface area contributed by atoms with E-state index in [1.54, 1.807) is 0 Å². The van der Waals surface area contributed by atoms with Gasteiger partial charge in [0.25, 0.3) is 11.1 Å². The molecular formula is C19H23N7O15P2. The van der Waals surface area contributed by atoms with Gasteiger partial charge in [-0.3, -0.25) is 46.8 Å². The number of ether oxygens (including phenoxy) is 2. The molecule has 22 nitrogen and oxygen atoms in total. The first kappa shape index (κ1) is 29.9. The van der Waals surface area contributed by atoms with Crippen molar-refractivity contribution in [1.82, 2.24) is 29.1 Å². The van der Waals surface area contributed by atoms with E-state index in [4.69, 9.17) is 33.3 Å². The number of H-pyrrole nitrogens is 2. The van der Waals surface area contributed by atoms with Gasteiger partial charge >= 0.3 is 21.3 Å². The molecule has 24 heteroatoms. The number of phosphoric ester groups is 2. The molecular weight excluding hydrogens is 628 g/mol. The molecule has 6 rings (SSSR count). The van der Waals surface area contributed by atoms with Gasteiger partial charge in [0, 0.05) is 12.3 Å². The molecule has 6 heterocycles. The average molecular weight is 651 g/mol. The molecule has 10 atom stereocenters. The predicted molar refractivity (Wildman–Crippen MR) is 135 cm³/mol. The smallest absolute Gasteiger partial charge is 0.387 e. The summed E-state index contributed by atoms with van der Waals surface area (Å²) in [7, 11) is -10.3. The van der Waals surface area contributed by atoms with Crippen LogP contribution >= 0.6 is 15.6 Å². The second kappa shape index (κ2) is 10.8. The highest BCUT2D eigenvalue weighted by Gasteiger charge is 2.53. The highest BCUT2D eigenvalue weighted by molar-refractivity contribution is 7.47. The lowest BCUT2D eigenvalue weighted by molar-refractivity contribution is -0.0683. The summed E-state index contributed by atoms with van der Waals surface area (Å²) in [5, 5.41) is 21.8. The Bertz CT molecular complexity index is 1820. The molecule has 0 aromatic carbocycles. The molecule has 3 fully saturated rings. The molecule has 3 aliphatic rings. The standard InChI is InChI=1S/C19H23N7O15P2/c20-18-23-14-9(15(30)24-18)21-5-26(14)17-13-10(28)6(38-17)3-36-42(32,33)40-12-7(4-37-43(34,35)41-13)39-16(11(12)29)25-2-1-8(27)22-19(25)31/h1-2,5-7,10-13,16-17,28-29H,3-4H2,(H,32,33)(H,34,35)(H,22,27,31)(H3,20,23,24,30)/t6-,7-,10-,11-,12-,13-,16-,17-/m1/s1. The van der Waals surface area contributed by atoms with Gasteiger partial charge in [-0.2, -0.15) is 4.98 Å². The van der Waals surface area contributed by atoms with Crippen LogP contribution in [0, 0.1) is 0 Å². The Morgan fingerprint density at radius 2 is 1.56 bits per heavy atom. The molecule has 0 saturated carbocycles. The molecule has 3 aromatic heterocycles. The highest BCUT2D eigenvalue weighted by Crippen LogP contribution is 2.53. The fourth-order valence-corrected chi connectivity index (χ4v) is 6.76. The molecule has 8 N–H and O–H groups in total. The lowest BCUT2D eigenvalue weighted by atomic mass is 10.1. The van der Waals surface area contributed by atoms with Crippen molar-refractivity contribution in [2.24, 2.45) is 0 Å². The Morgan fingerprint density at radius 1 is 0.907 bits per heavy atom. The second-order valence-electron chi connectivity index (χ2n) is 9.57. The number of phosphoric acid groups is 2. The number of fused-ring (bicyclic) bond motifs is 4. The van der Waals surface area contributed by atoms with Crippen molar-refractivity contribution >= 4 is 32.8 Å². The van der Waals surface area contributed by atoms with Crippen LogP contribution in [0.5, 0.6) is 0 Å². The zero-order chi connectivity index (χ0) is 30.8. The van der Waals surface area contributed by atoms with Gasteiger partial charge in [-0.1, -0.05) is 0 Å². The summed E-state index contributed by atoms with van der Waals surface area (Å²) in [6.45, 7) is -1.79. The minimum Gasteiger partial charge on any atom is -0.387 e. The second-order valence-corrected chi connectivity index (χ2v) is 12.4. The SMILES string of the molecule is Nc1nc2c(ncn2[C@@H]2O[C@@H]3COP(=O)(O)O[C@H]4[C@@H](O)[C@H](n5ccc(=O)[nH]c5=O)O[C@@H]4COP(=O)(O)O[C@@H]2[C@@H]3O)c(=O)[nH]1. The van der Waals surface area contributed by atoms with E-state index in [9.17, 15) is 43.5 Å². The summed E-state index contributed by atoms with van der Waals surface area (Å²) in [5.74, 6) is -0.303. The monoisotopic (exact) mass is 651 g/mol. The number of nitrogen functional groups attached to an aromatic ring is 1. The predicted octanol–water partition coefficient (Wildman–Crippen LogP) is -3.21. The molecule has 2 bridgehead atoms. The van der Waals surface area contributed by atoms with Crippen molar-refractivity contribution in [1.29, 1.82) is 0 Å². The first-order chi connectivity index (χ1) is 20.2. The van der Waals surface area contributed by atoms with Crippen LogP contribution in [-0.4, -0.2) is 98.9 Å². The topological polar surface area (TPSA) is 315 Å². The van der Waals surface area contributed by atoms with Crippen LogP contribution in [0.4, 0.5) is 5.95 Å². The lowest BCUT2D eigenvalue weighted by Gasteiger charge is -2.25. The van der Waals surface area contributed by atoms with Crippen molar-refractivity contribution in [3.8, 4) is 0 Å². The molecule has 2 unspecified atom stereocenters. The van der Waals surface area contributed by atoms with E-state index in [1.165, 1.54) is 0 Å². The lowest BCUT2D eigenvalue weighted by Crippen LogP contribution is -2.39. The molecule has 0 aliphatic carbocycles. The number of hydrogen-bond acceptors (Lipinski definition) is 16. The Balaban J connectivity index is 1.33. The van der Waals surface area contributed by atoms with E-state index in [0.717, 1.165) is 27.7 Å². The van der Waals surface area contributed by atoms with E-state index in [2.05, 4.69) is 15.0 Å². The summed E-state index contributed by atoms with van der Waals surface area (Å²) in [6, 6.07) is 0.944. The number of aliphatic hydroxyl groups excluding tert-OH is 2. The van der Waals surface area contributed by atoms with Gasteiger partial charge < -0.3 is 35.2 Å². The quantitative estimate of drug-likeness (QED) is 0.134. The van der Waals surface area contributed by atoms with Crippen LogP contribution in [0.15, 0.2) is 33.0 Å². The van der Waals surface area contributed by atoms with Gasteiger partial charge in [0.05, 0.1) is 19.5 Å². The minimum atomic E-state index is -5.16. The Morgan fingerprint density at radius 3 is 2.26 bits per heavy atom. The number of nitrogens with two attached hydrogens (primary N) is 1. The van der Waals surface area contributed by atoms with Crippen molar-refractivity contribution in [2.75, 3.05) is 18.9 Å². The van der Waals surface area contributed by atoms with Crippen molar-refractivity contribution in [2.45, 2.75) is 49.1 Å². The Labute approximate surface area is 236 Å². The summed E-state index contributed by atoms with van der Waals surface area (Å²) in [4.78, 5) is 69.1. The van der Waals surface area contributed by atoms with Crippen molar-refractivity contribution in [3.05, 3.63) is 49.8 Å². The number of nitrogens with zero attached hydrogens (tertiary/aromatic N) is 4. The first-order valence-corrected chi connectivity index (χ1v) is 15.2. The summed E-state index contributed by atoms with van der Waals surface area (Å²) in [6.07, 6.45) is -11.4. The average Bonchev–Trinajstić information content (AvgIpc) is 3.56. The van der Waals surface area contributed by atoms with E-state index in [-0.39, 0.29) is 17.1 Å². The van der Waals surface area contributed by atoms with Crippen LogP contribution in [0.25, 0.3) is 11.2 Å². The van der Waals surface area contributed by atoms with E-state index < -0.39 is 94.7 Å². The Hall–Kier alpha value is -3.11. The van der Waals surface area contributed by atoms with Gasteiger partial charge in [-0.25, -0.2) is 18.9 Å². The number of nitrogens with one attached hydrogen (secondary N) is 2. The molecule has 0 amide bonds. The van der Waals surface area contributed by atoms with Crippen LogP contribution in [0.2, 0.25) is 0 Å². The van der Waals surface area contributed by atoms with Crippen LogP contribution < -0.4 is 22.5 Å². The summed E-state index contributed by atoms with van der Waals surface area (Å²) < 4.78 is 59.5. The fourth-order valence-electron chi connectivity index (χ4n) is 4.87. The van der Waals surface area contributed by atoms with Gasteiger partial charge in [0.2, 0.25) is 5.95 Å². The van der Waals surface area contributed by atoms with Crippen molar-refractivity contribution < 1.29 is 56.7 Å². The number of anilines is 1. The van der Waals surface area contributed by atoms with Gasteiger partial charge in [-0.05, 0) is 0 Å². The number of hydrogen-bond donors (Lipinski definition) is 7. The molecule has 43 heavy (non-hydrogen) atoms. The molecule has 0 radical (unpaired) electrons. The number of aliphatic hydroxyl groups is 2. The normalized spacial score (nSPS) is 38.7. The fraction of sp³-hybridized carbons (Fsp3) is 0.526. The molecule has 3 aliphatic heterocycles. The Kier molecular flexibility index (Phi) is 7.52. The van der Waals surface area contributed by atoms with Crippen LogP contribution in [0.3, 0.4) is 0 Å². The van der Waals surface area contributed by atoms with Crippen molar-refractivity contribution in [3.63, 3.8) is 0 Å². The third kappa shape index (κ3) is 5.64. The number of aromatic amines is 2. The maximum atomic E-state index is 13.1. The van der Waals surface area contributed by atoms with E-state index in [0.29, 0.717) is 0 Å². The third-order valence-corrected chi connectivity index (χ3v) is 8.76. The van der Waals surface area contributed by atoms with Gasteiger partial charge in [0.15, 0.2) is 23.6 Å². The molecule has 234 valence electrons. The molecule has 3 saturated heterocycles. The van der Waals surface area contributed by atoms with E-state index in [1.807, 2.05) is 4.98 Å². The largest absolute Gasteiger partial charge is 0.472 e. The number of aromatic nitrogens is 6. The number of imidazole rings is 1. The van der Waals surface area contributed by atoms with Crippen LogP contribution in [0.1, 0.15) is 12.5 Å². The summed E-state index contributed by atoms with van der Waals surface area (Å²) in [5.41, 5.74) is 2.79.